The molecule has 1 aromatic heterocycles. The summed E-state index contributed by atoms with van der Waals surface area (Å²) in [5, 5.41) is 12.9. The van der Waals surface area contributed by atoms with Crippen LogP contribution in [0.3, 0.4) is 0 Å². The summed E-state index contributed by atoms with van der Waals surface area (Å²) in [5.41, 5.74) is 1.02. The lowest BCUT2D eigenvalue weighted by molar-refractivity contribution is -0.150. The van der Waals surface area contributed by atoms with Gasteiger partial charge in [0.15, 0.2) is 6.10 Å². The van der Waals surface area contributed by atoms with E-state index in [0.717, 1.165) is 5.69 Å². The van der Waals surface area contributed by atoms with Crippen molar-refractivity contribution in [1.82, 2.24) is 9.78 Å². The van der Waals surface area contributed by atoms with Crippen molar-refractivity contribution < 1.29 is 14.6 Å². The van der Waals surface area contributed by atoms with Crippen molar-refractivity contribution in [2.45, 2.75) is 32.9 Å². The van der Waals surface area contributed by atoms with Crippen molar-refractivity contribution in [3.8, 4) is 0 Å². The molecule has 1 rings (SSSR count). The lowest BCUT2D eigenvalue weighted by Gasteiger charge is -2.12. The molecule has 84 valence electrons. The zero-order valence-electron chi connectivity index (χ0n) is 9.01. The first kappa shape index (κ1) is 11.7. The molecule has 1 N–H and O–H groups in total. The molecule has 0 aliphatic carbocycles. The molecule has 0 bridgehead atoms. The van der Waals surface area contributed by atoms with E-state index in [4.69, 9.17) is 9.84 Å². The number of ether oxygens (including phenoxy) is 1. The van der Waals surface area contributed by atoms with Crippen LogP contribution < -0.4 is 0 Å². The molecule has 1 atom stereocenters. The van der Waals surface area contributed by atoms with E-state index in [-0.39, 0.29) is 0 Å². The van der Waals surface area contributed by atoms with Crippen molar-refractivity contribution in [2.24, 2.45) is 0 Å². The fourth-order valence-corrected chi connectivity index (χ4v) is 1.35. The standard InChI is InChI=1S/C10H16N2O3/c1-3-15-9(10(13)14)5-7-12-8(2)4-6-11-12/h4,6,9H,3,5,7H2,1-2H3,(H,13,14). The molecule has 1 heterocycles. The number of aliphatic carboxylic acids is 1. The van der Waals surface area contributed by atoms with Crippen LogP contribution in [-0.4, -0.2) is 33.6 Å². The fourth-order valence-electron chi connectivity index (χ4n) is 1.35. The lowest BCUT2D eigenvalue weighted by Crippen LogP contribution is -2.25. The first-order valence-electron chi connectivity index (χ1n) is 4.98. The Morgan fingerprint density at radius 1 is 1.73 bits per heavy atom. The topological polar surface area (TPSA) is 64.4 Å². The highest BCUT2D eigenvalue weighted by atomic mass is 16.5. The van der Waals surface area contributed by atoms with Gasteiger partial charge >= 0.3 is 5.97 Å². The number of nitrogens with zero attached hydrogens (tertiary/aromatic N) is 2. The van der Waals surface area contributed by atoms with Crippen molar-refractivity contribution in [2.75, 3.05) is 6.61 Å². The van der Waals surface area contributed by atoms with E-state index in [1.54, 1.807) is 17.8 Å². The number of hydrogen-bond acceptors (Lipinski definition) is 3. The molecule has 0 aliphatic rings. The van der Waals surface area contributed by atoms with Crippen LogP contribution in [0.1, 0.15) is 19.0 Å². The van der Waals surface area contributed by atoms with Gasteiger partial charge in [0.1, 0.15) is 0 Å². The van der Waals surface area contributed by atoms with Gasteiger partial charge in [-0.1, -0.05) is 0 Å². The molecule has 0 aliphatic heterocycles. The maximum Gasteiger partial charge on any atom is 0.332 e. The van der Waals surface area contributed by atoms with Crippen LogP contribution in [0.25, 0.3) is 0 Å². The Morgan fingerprint density at radius 2 is 2.47 bits per heavy atom. The number of aromatic nitrogens is 2. The molecule has 0 saturated carbocycles. The van der Waals surface area contributed by atoms with Gasteiger partial charge in [0.2, 0.25) is 0 Å². The second-order valence-electron chi connectivity index (χ2n) is 3.27. The third-order valence-corrected chi connectivity index (χ3v) is 2.18. The minimum absolute atomic E-state index is 0.412. The number of rotatable bonds is 6. The molecular weight excluding hydrogens is 196 g/mol. The van der Waals surface area contributed by atoms with Crippen molar-refractivity contribution in [3.05, 3.63) is 18.0 Å². The minimum Gasteiger partial charge on any atom is -0.479 e. The summed E-state index contributed by atoms with van der Waals surface area (Å²) in [5.74, 6) is -0.915. The lowest BCUT2D eigenvalue weighted by atomic mass is 10.2. The number of aryl methyl sites for hydroxylation is 2. The zero-order chi connectivity index (χ0) is 11.3. The first-order chi connectivity index (χ1) is 7.15. The fraction of sp³-hybridized carbons (Fsp3) is 0.600. The Bertz CT molecular complexity index is 322. The monoisotopic (exact) mass is 212 g/mol. The highest BCUT2D eigenvalue weighted by Crippen LogP contribution is 2.04. The van der Waals surface area contributed by atoms with Crippen LogP contribution in [-0.2, 0) is 16.1 Å². The first-order valence-corrected chi connectivity index (χ1v) is 4.98. The van der Waals surface area contributed by atoms with E-state index in [1.807, 2.05) is 13.0 Å². The van der Waals surface area contributed by atoms with Gasteiger partial charge in [-0.15, -0.1) is 0 Å². The zero-order valence-corrected chi connectivity index (χ0v) is 9.01. The Balaban J connectivity index is 2.47. The molecule has 15 heavy (non-hydrogen) atoms. The molecule has 0 radical (unpaired) electrons. The second kappa shape index (κ2) is 5.50. The predicted octanol–water partition coefficient (Wildman–Crippen LogP) is 1.07. The highest BCUT2D eigenvalue weighted by Gasteiger charge is 2.17. The average Bonchev–Trinajstić information content (AvgIpc) is 2.58. The maximum absolute atomic E-state index is 10.8. The molecule has 0 amide bonds. The Morgan fingerprint density at radius 3 is 2.93 bits per heavy atom. The molecule has 5 heteroatoms. The summed E-state index contributed by atoms with van der Waals surface area (Å²) in [6.45, 7) is 4.70. The van der Waals surface area contributed by atoms with Crippen molar-refractivity contribution >= 4 is 5.97 Å². The van der Waals surface area contributed by atoms with Gasteiger partial charge in [-0.05, 0) is 19.9 Å². The molecular formula is C10H16N2O3. The predicted molar refractivity (Wildman–Crippen MR) is 54.6 cm³/mol. The minimum atomic E-state index is -0.915. The molecule has 5 nitrogen and oxygen atoms in total. The Hall–Kier alpha value is -1.36. The summed E-state index contributed by atoms with van der Waals surface area (Å²) >= 11 is 0. The summed E-state index contributed by atoms with van der Waals surface area (Å²) < 4.78 is 6.87. The number of carboxylic acids is 1. The summed E-state index contributed by atoms with van der Waals surface area (Å²) in [7, 11) is 0. The number of carboxylic acid groups (broad SMARTS) is 1. The molecule has 1 aromatic rings. The van der Waals surface area contributed by atoms with E-state index < -0.39 is 12.1 Å². The molecule has 0 saturated heterocycles. The van der Waals surface area contributed by atoms with Gasteiger partial charge < -0.3 is 9.84 Å². The summed E-state index contributed by atoms with van der Waals surface area (Å²) in [4.78, 5) is 10.8. The van der Waals surface area contributed by atoms with E-state index in [0.29, 0.717) is 19.6 Å². The van der Waals surface area contributed by atoms with E-state index in [1.165, 1.54) is 0 Å². The van der Waals surface area contributed by atoms with Crippen LogP contribution in [0.4, 0.5) is 0 Å². The van der Waals surface area contributed by atoms with Crippen LogP contribution in [0.2, 0.25) is 0 Å². The highest BCUT2D eigenvalue weighted by molar-refractivity contribution is 5.72. The number of carbonyl (C=O) groups is 1. The Labute approximate surface area is 88.7 Å². The van der Waals surface area contributed by atoms with Crippen LogP contribution in [0, 0.1) is 6.92 Å². The van der Waals surface area contributed by atoms with Gasteiger partial charge in [-0.2, -0.15) is 5.10 Å². The summed E-state index contributed by atoms with van der Waals surface area (Å²) in [6.07, 6.45) is 1.40. The average molecular weight is 212 g/mol. The largest absolute Gasteiger partial charge is 0.479 e. The van der Waals surface area contributed by atoms with Gasteiger partial charge in [-0.25, -0.2) is 4.79 Å². The van der Waals surface area contributed by atoms with Gasteiger partial charge in [-0.3, -0.25) is 4.68 Å². The smallest absolute Gasteiger partial charge is 0.332 e. The van der Waals surface area contributed by atoms with Crippen LogP contribution in [0.5, 0.6) is 0 Å². The Kier molecular flexibility index (Phi) is 4.30. The SMILES string of the molecule is CCOC(CCn1nccc1C)C(=O)O. The van der Waals surface area contributed by atoms with Crippen molar-refractivity contribution in [1.29, 1.82) is 0 Å². The molecule has 0 fully saturated rings. The third kappa shape index (κ3) is 3.36. The van der Waals surface area contributed by atoms with E-state index in [9.17, 15) is 4.79 Å². The van der Waals surface area contributed by atoms with Gasteiger partial charge in [0.25, 0.3) is 0 Å². The molecule has 0 aromatic carbocycles. The quantitative estimate of drug-likeness (QED) is 0.766. The van der Waals surface area contributed by atoms with Crippen LogP contribution >= 0.6 is 0 Å². The van der Waals surface area contributed by atoms with Gasteiger partial charge in [0.05, 0.1) is 0 Å². The summed E-state index contributed by atoms with van der Waals surface area (Å²) in [6, 6.07) is 1.89. The van der Waals surface area contributed by atoms with E-state index in [2.05, 4.69) is 5.10 Å². The molecule has 0 spiro atoms. The van der Waals surface area contributed by atoms with Crippen molar-refractivity contribution in [3.63, 3.8) is 0 Å². The van der Waals surface area contributed by atoms with Gasteiger partial charge in [0, 0.05) is 31.5 Å². The third-order valence-electron chi connectivity index (χ3n) is 2.18. The van der Waals surface area contributed by atoms with E-state index >= 15 is 0 Å². The number of hydrogen-bond donors (Lipinski definition) is 1. The van der Waals surface area contributed by atoms with Crippen LogP contribution in [0.15, 0.2) is 12.3 Å². The normalized spacial score (nSPS) is 12.7. The maximum atomic E-state index is 10.8. The second-order valence-corrected chi connectivity index (χ2v) is 3.27. The molecule has 1 unspecified atom stereocenters.